The SMILES string of the molecule is CC[C@H]1OC(=O)[C@H](C)[C@@H](O[C@H]2C[C@H](C)[C@@H](O)CO2)[C@H](C)C[C@](C)(O)C[C@@H](C)C(=O)[C@H](C)[C@@H](O)[C@]1(C)O. The molecule has 0 unspecified atom stereocenters. The molecule has 0 spiro atoms. The molecule has 4 N–H and O–H groups in total. The summed E-state index contributed by atoms with van der Waals surface area (Å²) in [5, 5.41) is 43.4. The largest absolute Gasteiger partial charge is 0.459 e. The molecule has 0 amide bonds. The van der Waals surface area contributed by atoms with Crippen molar-refractivity contribution >= 4 is 11.8 Å². The highest BCUT2D eigenvalue weighted by Crippen LogP contribution is 2.36. The number of Topliss-reactive ketones (excluding diaryl/α,β-unsaturated/α-hetero) is 1. The van der Waals surface area contributed by atoms with Gasteiger partial charge in [-0.3, -0.25) is 9.59 Å². The van der Waals surface area contributed by atoms with E-state index in [0.717, 1.165) is 0 Å². The summed E-state index contributed by atoms with van der Waals surface area (Å²) in [6.07, 6.45) is -3.35. The Morgan fingerprint density at radius 1 is 0.972 bits per heavy atom. The molecule has 210 valence electrons. The van der Waals surface area contributed by atoms with Crippen molar-refractivity contribution < 1.29 is 44.2 Å². The summed E-state index contributed by atoms with van der Waals surface area (Å²) < 4.78 is 17.7. The van der Waals surface area contributed by atoms with E-state index in [-0.39, 0.29) is 43.5 Å². The molecule has 0 bridgehead atoms. The first kappa shape index (κ1) is 31.1. The molecule has 0 aromatic carbocycles. The van der Waals surface area contributed by atoms with E-state index in [9.17, 15) is 30.0 Å². The number of ether oxygens (including phenoxy) is 3. The molecule has 9 heteroatoms. The number of hydrogen-bond acceptors (Lipinski definition) is 9. The molecule has 0 aromatic rings. The molecule has 9 nitrogen and oxygen atoms in total. The van der Waals surface area contributed by atoms with Crippen molar-refractivity contribution in [3.05, 3.63) is 0 Å². The van der Waals surface area contributed by atoms with Gasteiger partial charge in [-0.05, 0) is 51.9 Å². The van der Waals surface area contributed by atoms with Gasteiger partial charge >= 0.3 is 5.97 Å². The summed E-state index contributed by atoms with van der Waals surface area (Å²) in [5.41, 5.74) is -3.12. The lowest BCUT2D eigenvalue weighted by atomic mass is 9.75. The molecule has 2 rings (SSSR count). The minimum absolute atomic E-state index is 0.0437. The Morgan fingerprint density at radius 3 is 2.14 bits per heavy atom. The standard InChI is InChI=1S/C27H48O9/c1-9-20-27(8,33)24(30)17(5)22(29)15(3)11-26(7,32)12-16(4)23(18(6)25(31)35-20)36-21-10-14(2)19(28)13-34-21/h14-21,23-24,28,30,32-33H,9-13H2,1-8H3/t14-,15+,16+,17-,18+,19-,20+,21-,23-,24+,26+,27+/m0/s1. The molecular formula is C27H48O9. The van der Waals surface area contributed by atoms with Crippen molar-refractivity contribution in [2.45, 2.75) is 123 Å². The van der Waals surface area contributed by atoms with Crippen LogP contribution in [-0.2, 0) is 23.8 Å². The van der Waals surface area contributed by atoms with Crippen molar-refractivity contribution in [3.8, 4) is 0 Å². The van der Waals surface area contributed by atoms with Crippen LogP contribution in [0.4, 0.5) is 0 Å². The molecule has 2 saturated heterocycles. The van der Waals surface area contributed by atoms with Crippen LogP contribution < -0.4 is 0 Å². The van der Waals surface area contributed by atoms with Crippen LogP contribution in [0.3, 0.4) is 0 Å². The Morgan fingerprint density at radius 2 is 1.58 bits per heavy atom. The van der Waals surface area contributed by atoms with Crippen molar-refractivity contribution in [2.24, 2.45) is 29.6 Å². The number of carbonyl (C=O) groups excluding carboxylic acids is 2. The van der Waals surface area contributed by atoms with Gasteiger partial charge in [0.1, 0.15) is 17.5 Å². The number of esters is 1. The first-order valence-corrected chi connectivity index (χ1v) is 13.3. The number of hydrogen-bond donors (Lipinski definition) is 4. The number of rotatable bonds is 3. The zero-order chi connectivity index (χ0) is 27.6. The van der Waals surface area contributed by atoms with Crippen molar-refractivity contribution in [1.29, 1.82) is 0 Å². The van der Waals surface area contributed by atoms with Gasteiger partial charge in [-0.15, -0.1) is 0 Å². The van der Waals surface area contributed by atoms with Crippen LogP contribution in [-0.4, -0.2) is 80.7 Å². The van der Waals surface area contributed by atoms with Crippen LogP contribution in [0.15, 0.2) is 0 Å². The average molecular weight is 517 g/mol. The second-order valence-electron chi connectivity index (χ2n) is 11.9. The number of carbonyl (C=O) groups is 2. The summed E-state index contributed by atoms with van der Waals surface area (Å²) in [7, 11) is 0. The summed E-state index contributed by atoms with van der Waals surface area (Å²) in [4.78, 5) is 26.4. The maximum Gasteiger partial charge on any atom is 0.311 e. The smallest absolute Gasteiger partial charge is 0.311 e. The van der Waals surface area contributed by atoms with E-state index >= 15 is 0 Å². The van der Waals surface area contributed by atoms with E-state index in [1.807, 2.05) is 13.8 Å². The summed E-state index contributed by atoms with van der Waals surface area (Å²) in [5.74, 6) is -3.52. The maximum atomic E-state index is 13.3. The van der Waals surface area contributed by atoms with Gasteiger partial charge in [-0.25, -0.2) is 0 Å². The topological polar surface area (TPSA) is 143 Å². The van der Waals surface area contributed by atoms with Gasteiger partial charge in [-0.1, -0.05) is 34.6 Å². The van der Waals surface area contributed by atoms with Crippen molar-refractivity contribution in [3.63, 3.8) is 0 Å². The van der Waals surface area contributed by atoms with Gasteiger partial charge in [0.05, 0.1) is 36.4 Å². The van der Waals surface area contributed by atoms with Gasteiger partial charge in [0, 0.05) is 18.3 Å². The first-order chi connectivity index (χ1) is 16.5. The lowest BCUT2D eigenvalue weighted by molar-refractivity contribution is -0.241. The molecule has 2 fully saturated rings. The molecule has 0 radical (unpaired) electrons. The monoisotopic (exact) mass is 516 g/mol. The Labute approximate surface area is 215 Å². The van der Waals surface area contributed by atoms with Gasteiger partial charge in [0.25, 0.3) is 0 Å². The van der Waals surface area contributed by atoms with Crippen LogP contribution in [0.25, 0.3) is 0 Å². The van der Waals surface area contributed by atoms with E-state index in [1.165, 1.54) is 6.92 Å². The van der Waals surface area contributed by atoms with Crippen LogP contribution in [0.5, 0.6) is 0 Å². The third-order valence-corrected chi connectivity index (χ3v) is 8.20. The Balaban J connectivity index is 2.43. The highest BCUT2D eigenvalue weighted by Gasteiger charge is 2.48. The Bertz CT molecular complexity index is 752. The summed E-state index contributed by atoms with van der Waals surface area (Å²) in [6.45, 7) is 13.6. The molecule has 2 heterocycles. The molecule has 0 aliphatic carbocycles. The van der Waals surface area contributed by atoms with Gasteiger partial charge in [0.2, 0.25) is 0 Å². The molecule has 12 atom stereocenters. The Hall–Kier alpha value is -1.10. The summed E-state index contributed by atoms with van der Waals surface area (Å²) in [6, 6.07) is 0. The van der Waals surface area contributed by atoms with Crippen LogP contribution in [0.2, 0.25) is 0 Å². The van der Waals surface area contributed by atoms with E-state index in [1.54, 1.807) is 34.6 Å². The number of aliphatic hydroxyl groups excluding tert-OH is 2. The summed E-state index contributed by atoms with van der Waals surface area (Å²) >= 11 is 0. The maximum absolute atomic E-state index is 13.3. The van der Waals surface area contributed by atoms with Crippen LogP contribution >= 0.6 is 0 Å². The lowest BCUT2D eigenvalue weighted by Crippen LogP contribution is -2.56. The fourth-order valence-corrected chi connectivity index (χ4v) is 5.87. The van der Waals surface area contributed by atoms with Gasteiger partial charge in [-0.2, -0.15) is 0 Å². The highest BCUT2D eigenvalue weighted by atomic mass is 16.7. The van der Waals surface area contributed by atoms with Gasteiger partial charge < -0.3 is 34.6 Å². The van der Waals surface area contributed by atoms with Crippen molar-refractivity contribution in [1.82, 2.24) is 0 Å². The third-order valence-electron chi connectivity index (χ3n) is 8.20. The molecule has 36 heavy (non-hydrogen) atoms. The second-order valence-corrected chi connectivity index (χ2v) is 11.9. The highest BCUT2D eigenvalue weighted by molar-refractivity contribution is 5.83. The molecule has 0 saturated carbocycles. The predicted octanol–water partition coefficient (Wildman–Crippen LogP) is 2.21. The zero-order valence-electron chi connectivity index (χ0n) is 23.1. The minimum Gasteiger partial charge on any atom is -0.459 e. The number of aliphatic hydroxyl groups is 4. The van der Waals surface area contributed by atoms with Crippen LogP contribution in [0, 0.1) is 29.6 Å². The fourth-order valence-electron chi connectivity index (χ4n) is 5.87. The van der Waals surface area contributed by atoms with E-state index in [2.05, 4.69) is 0 Å². The van der Waals surface area contributed by atoms with Gasteiger partial charge in [0.15, 0.2) is 6.29 Å². The lowest BCUT2D eigenvalue weighted by Gasteiger charge is -2.42. The van der Waals surface area contributed by atoms with E-state index in [4.69, 9.17) is 14.2 Å². The molecule has 2 aliphatic rings. The fraction of sp³-hybridized carbons (Fsp3) is 0.926. The second kappa shape index (κ2) is 12.2. The predicted molar refractivity (Wildman–Crippen MR) is 133 cm³/mol. The third kappa shape index (κ3) is 7.26. The first-order valence-electron chi connectivity index (χ1n) is 13.3. The number of cyclic esters (lactones) is 1. The van der Waals surface area contributed by atoms with E-state index in [0.29, 0.717) is 6.42 Å². The molecule has 2 aliphatic heterocycles. The average Bonchev–Trinajstić information content (AvgIpc) is 2.79. The minimum atomic E-state index is -1.87. The van der Waals surface area contributed by atoms with E-state index < -0.39 is 65.6 Å². The van der Waals surface area contributed by atoms with Crippen molar-refractivity contribution in [2.75, 3.05) is 6.61 Å². The normalized spacial score (nSPS) is 48.2. The molecule has 0 aromatic heterocycles. The number of ketones is 1. The Kier molecular flexibility index (Phi) is 10.5. The zero-order valence-corrected chi connectivity index (χ0v) is 23.1. The van der Waals surface area contributed by atoms with Crippen LogP contribution in [0.1, 0.15) is 81.1 Å². The molecular weight excluding hydrogens is 468 g/mol. The quantitative estimate of drug-likeness (QED) is 0.415.